The maximum absolute atomic E-state index is 5.92. The van der Waals surface area contributed by atoms with Crippen LogP contribution in [0.15, 0.2) is 46.3 Å². The van der Waals surface area contributed by atoms with Gasteiger partial charge in [-0.25, -0.2) is 0 Å². The lowest BCUT2D eigenvalue weighted by Crippen LogP contribution is -1.91. The molecule has 0 amide bonds. The van der Waals surface area contributed by atoms with Crippen LogP contribution >= 0.6 is 11.3 Å². The van der Waals surface area contributed by atoms with Gasteiger partial charge in [0.2, 0.25) is 5.88 Å². The summed E-state index contributed by atoms with van der Waals surface area (Å²) in [6, 6.07) is 11.7. The molecule has 1 aromatic carbocycles. The van der Waals surface area contributed by atoms with E-state index in [1.807, 2.05) is 48.7 Å². The molecule has 3 aromatic rings. The minimum Gasteiger partial charge on any atom is -0.494 e. The SMILES string of the molecule is CCOc1ccc(-c2c(-c3cccs3)noc2N)cc1. The maximum atomic E-state index is 5.92. The zero-order valence-electron chi connectivity index (χ0n) is 11.0. The Morgan fingerprint density at radius 1 is 1.25 bits per heavy atom. The van der Waals surface area contributed by atoms with Gasteiger partial charge >= 0.3 is 0 Å². The maximum Gasteiger partial charge on any atom is 0.230 e. The van der Waals surface area contributed by atoms with Gasteiger partial charge in [0, 0.05) is 0 Å². The van der Waals surface area contributed by atoms with Crippen LogP contribution in [0.1, 0.15) is 6.92 Å². The molecule has 5 heteroatoms. The molecule has 0 aliphatic carbocycles. The number of hydrogen-bond acceptors (Lipinski definition) is 5. The molecule has 0 spiro atoms. The molecule has 2 heterocycles. The topological polar surface area (TPSA) is 61.3 Å². The van der Waals surface area contributed by atoms with E-state index in [0.29, 0.717) is 12.5 Å². The second-order valence-corrected chi connectivity index (χ2v) is 5.15. The Kier molecular flexibility index (Phi) is 3.43. The molecule has 0 saturated heterocycles. The van der Waals surface area contributed by atoms with Gasteiger partial charge in [-0.05, 0) is 36.1 Å². The highest BCUT2D eigenvalue weighted by Gasteiger charge is 2.18. The lowest BCUT2D eigenvalue weighted by atomic mass is 10.0. The van der Waals surface area contributed by atoms with Gasteiger partial charge in [-0.2, -0.15) is 0 Å². The van der Waals surface area contributed by atoms with E-state index < -0.39 is 0 Å². The van der Waals surface area contributed by atoms with E-state index in [1.54, 1.807) is 11.3 Å². The molecule has 0 saturated carbocycles. The van der Waals surface area contributed by atoms with Crippen molar-refractivity contribution in [2.45, 2.75) is 6.92 Å². The molecular formula is C15H14N2O2S. The summed E-state index contributed by atoms with van der Waals surface area (Å²) in [5.41, 5.74) is 8.50. The van der Waals surface area contributed by atoms with Crippen molar-refractivity contribution in [2.75, 3.05) is 12.3 Å². The van der Waals surface area contributed by atoms with Crippen molar-refractivity contribution in [1.82, 2.24) is 5.16 Å². The van der Waals surface area contributed by atoms with Gasteiger partial charge in [-0.3, -0.25) is 0 Å². The second kappa shape index (κ2) is 5.38. The van der Waals surface area contributed by atoms with Crippen molar-refractivity contribution in [2.24, 2.45) is 0 Å². The number of ether oxygens (including phenoxy) is 1. The molecule has 0 radical (unpaired) electrons. The first-order valence-corrected chi connectivity index (χ1v) is 7.20. The van der Waals surface area contributed by atoms with E-state index in [2.05, 4.69) is 5.16 Å². The quantitative estimate of drug-likeness (QED) is 0.786. The molecule has 2 N–H and O–H groups in total. The van der Waals surface area contributed by atoms with Gasteiger partial charge in [-0.15, -0.1) is 11.3 Å². The van der Waals surface area contributed by atoms with Gasteiger partial charge < -0.3 is 15.0 Å². The van der Waals surface area contributed by atoms with Crippen LogP contribution in [0.3, 0.4) is 0 Å². The molecule has 0 fully saturated rings. The van der Waals surface area contributed by atoms with Gasteiger partial charge in [0.1, 0.15) is 11.4 Å². The van der Waals surface area contributed by atoms with Crippen molar-refractivity contribution in [3.63, 3.8) is 0 Å². The number of nitrogens with zero attached hydrogens (tertiary/aromatic N) is 1. The third-order valence-electron chi connectivity index (χ3n) is 2.93. The summed E-state index contributed by atoms with van der Waals surface area (Å²) in [4.78, 5) is 1.04. The highest BCUT2D eigenvalue weighted by atomic mass is 32.1. The predicted octanol–water partition coefficient (Wildman–Crippen LogP) is 4.05. The van der Waals surface area contributed by atoms with E-state index in [1.165, 1.54) is 0 Å². The standard InChI is InChI=1S/C15H14N2O2S/c1-2-18-11-7-5-10(6-8-11)13-14(17-19-15(13)16)12-4-3-9-20-12/h3-9H,2,16H2,1H3. The summed E-state index contributed by atoms with van der Waals surface area (Å²) in [5.74, 6) is 1.17. The lowest BCUT2D eigenvalue weighted by Gasteiger charge is -2.05. The van der Waals surface area contributed by atoms with Crippen LogP contribution < -0.4 is 10.5 Å². The Balaban J connectivity index is 2.03. The van der Waals surface area contributed by atoms with Gasteiger partial charge in [0.25, 0.3) is 0 Å². The molecule has 102 valence electrons. The molecule has 2 aromatic heterocycles. The highest BCUT2D eigenvalue weighted by Crippen LogP contribution is 2.38. The Morgan fingerprint density at radius 2 is 2.05 bits per heavy atom. The zero-order valence-corrected chi connectivity index (χ0v) is 11.8. The number of nitrogens with two attached hydrogens (primary N) is 1. The van der Waals surface area contributed by atoms with Crippen molar-refractivity contribution in [3.8, 4) is 27.4 Å². The Hall–Kier alpha value is -2.27. The van der Waals surface area contributed by atoms with E-state index in [0.717, 1.165) is 27.4 Å². The van der Waals surface area contributed by atoms with Crippen LogP contribution in [0, 0.1) is 0 Å². The van der Waals surface area contributed by atoms with Crippen LogP contribution in [0.5, 0.6) is 5.75 Å². The van der Waals surface area contributed by atoms with Crippen molar-refractivity contribution < 1.29 is 9.26 Å². The highest BCUT2D eigenvalue weighted by molar-refractivity contribution is 7.13. The average molecular weight is 286 g/mol. The summed E-state index contributed by atoms with van der Waals surface area (Å²) in [5, 5.41) is 6.07. The first kappa shape index (κ1) is 12.7. The van der Waals surface area contributed by atoms with Crippen LogP contribution in [0.2, 0.25) is 0 Å². The van der Waals surface area contributed by atoms with Crippen molar-refractivity contribution >= 4 is 17.2 Å². The fraction of sp³-hybridized carbons (Fsp3) is 0.133. The minimum atomic E-state index is 0.331. The first-order chi connectivity index (χ1) is 9.79. The summed E-state index contributed by atoms with van der Waals surface area (Å²) >= 11 is 1.61. The second-order valence-electron chi connectivity index (χ2n) is 4.21. The number of rotatable bonds is 4. The largest absolute Gasteiger partial charge is 0.494 e. The summed E-state index contributed by atoms with van der Waals surface area (Å²) in [6.45, 7) is 2.61. The van der Waals surface area contributed by atoms with E-state index in [4.69, 9.17) is 15.0 Å². The minimum absolute atomic E-state index is 0.331. The third kappa shape index (κ3) is 2.28. The molecule has 0 bridgehead atoms. The number of nitrogen functional groups attached to an aromatic ring is 1. The Labute approximate surface area is 120 Å². The molecule has 0 unspecified atom stereocenters. The number of benzene rings is 1. The van der Waals surface area contributed by atoms with Gasteiger partial charge in [0.15, 0.2) is 0 Å². The van der Waals surface area contributed by atoms with Crippen molar-refractivity contribution in [1.29, 1.82) is 0 Å². The van der Waals surface area contributed by atoms with Gasteiger partial charge in [-0.1, -0.05) is 23.4 Å². The number of thiophene rings is 1. The predicted molar refractivity (Wildman–Crippen MR) is 80.8 cm³/mol. The number of hydrogen-bond donors (Lipinski definition) is 1. The zero-order chi connectivity index (χ0) is 13.9. The summed E-state index contributed by atoms with van der Waals surface area (Å²) < 4.78 is 10.6. The van der Waals surface area contributed by atoms with Crippen LogP contribution in [-0.2, 0) is 0 Å². The fourth-order valence-corrected chi connectivity index (χ4v) is 2.76. The third-order valence-corrected chi connectivity index (χ3v) is 3.80. The van der Waals surface area contributed by atoms with E-state index in [9.17, 15) is 0 Å². The summed E-state index contributed by atoms with van der Waals surface area (Å²) in [7, 11) is 0. The Bertz CT molecular complexity index is 687. The molecule has 20 heavy (non-hydrogen) atoms. The van der Waals surface area contributed by atoms with Crippen LogP contribution in [0.4, 0.5) is 5.88 Å². The molecule has 0 atom stereocenters. The lowest BCUT2D eigenvalue weighted by molar-refractivity contribution is 0.340. The van der Waals surface area contributed by atoms with Crippen LogP contribution in [0.25, 0.3) is 21.7 Å². The fourth-order valence-electron chi connectivity index (χ4n) is 2.05. The molecule has 4 nitrogen and oxygen atoms in total. The Morgan fingerprint density at radius 3 is 2.70 bits per heavy atom. The van der Waals surface area contributed by atoms with Crippen molar-refractivity contribution in [3.05, 3.63) is 41.8 Å². The molecular weight excluding hydrogens is 272 g/mol. The van der Waals surface area contributed by atoms with E-state index >= 15 is 0 Å². The molecule has 0 aliphatic heterocycles. The van der Waals surface area contributed by atoms with Gasteiger partial charge in [0.05, 0.1) is 17.0 Å². The number of aromatic nitrogens is 1. The first-order valence-electron chi connectivity index (χ1n) is 6.32. The number of anilines is 1. The van der Waals surface area contributed by atoms with Crippen LogP contribution in [-0.4, -0.2) is 11.8 Å². The molecule has 0 aliphatic rings. The normalized spacial score (nSPS) is 10.7. The van der Waals surface area contributed by atoms with E-state index in [-0.39, 0.29) is 0 Å². The monoisotopic (exact) mass is 286 g/mol. The molecule has 3 rings (SSSR count). The average Bonchev–Trinajstić information content (AvgIpc) is 3.09. The summed E-state index contributed by atoms with van der Waals surface area (Å²) in [6.07, 6.45) is 0. The smallest absolute Gasteiger partial charge is 0.230 e.